The maximum Gasteiger partial charge on any atom is 0.246 e. The number of Topliss-reactive ketones (excluding diaryl/α,β-unsaturated/α-hetero) is 1. The van der Waals surface area contributed by atoms with Gasteiger partial charge >= 0.3 is 0 Å². The summed E-state index contributed by atoms with van der Waals surface area (Å²) in [5, 5.41) is 8.85. The van der Waals surface area contributed by atoms with Crippen molar-refractivity contribution in [1.82, 2.24) is 24.6 Å². The van der Waals surface area contributed by atoms with Crippen LogP contribution in [0.5, 0.6) is 11.5 Å². The number of nitrogens with one attached hydrogen (secondary N) is 1. The predicted molar refractivity (Wildman–Crippen MR) is 216 cm³/mol. The van der Waals surface area contributed by atoms with Gasteiger partial charge in [-0.25, -0.2) is 14.6 Å². The van der Waals surface area contributed by atoms with E-state index in [4.69, 9.17) is 9.84 Å². The molecule has 1 fully saturated rings. The number of fused-ring (bicyclic) bond motifs is 1. The van der Waals surface area contributed by atoms with Crippen molar-refractivity contribution in [2.45, 2.75) is 129 Å². The highest BCUT2D eigenvalue weighted by atomic mass is 16.5. The van der Waals surface area contributed by atoms with E-state index in [-0.39, 0.29) is 17.9 Å². The van der Waals surface area contributed by atoms with Crippen LogP contribution in [0.4, 0.5) is 5.82 Å². The van der Waals surface area contributed by atoms with Gasteiger partial charge in [0.15, 0.2) is 5.65 Å². The molecule has 1 aliphatic rings. The zero-order chi connectivity index (χ0) is 38.0. The largest absolute Gasteiger partial charge is 0.457 e. The molecule has 0 aliphatic carbocycles. The van der Waals surface area contributed by atoms with Crippen LogP contribution in [0.2, 0.25) is 0 Å². The Hall–Kier alpha value is -4.86. The van der Waals surface area contributed by atoms with Crippen LogP contribution in [0.25, 0.3) is 22.3 Å². The van der Waals surface area contributed by atoms with Crippen molar-refractivity contribution in [2.75, 3.05) is 18.4 Å². The summed E-state index contributed by atoms with van der Waals surface area (Å²) in [5.74, 6) is 2.04. The molecule has 5 rings (SSSR count). The minimum atomic E-state index is -0.0931. The second-order valence-corrected chi connectivity index (χ2v) is 14.6. The summed E-state index contributed by atoms with van der Waals surface area (Å²) in [7, 11) is 0. The van der Waals surface area contributed by atoms with Crippen molar-refractivity contribution >= 4 is 34.4 Å². The van der Waals surface area contributed by atoms with Crippen molar-refractivity contribution in [3.63, 3.8) is 0 Å². The van der Waals surface area contributed by atoms with Crippen molar-refractivity contribution < 1.29 is 19.1 Å². The van der Waals surface area contributed by atoms with E-state index in [2.05, 4.69) is 21.9 Å². The Kier molecular flexibility index (Phi) is 16.2. The highest BCUT2D eigenvalue weighted by Crippen LogP contribution is 2.36. The molecule has 0 radical (unpaired) electrons. The Labute approximate surface area is 320 Å². The summed E-state index contributed by atoms with van der Waals surface area (Å²) in [6, 6.07) is 17.3. The average molecular weight is 735 g/mol. The maximum atomic E-state index is 13.3. The molecule has 1 aliphatic heterocycles. The molecular weight excluding hydrogens is 677 g/mol. The topological polar surface area (TPSA) is 119 Å². The van der Waals surface area contributed by atoms with Crippen LogP contribution in [-0.2, 0) is 14.4 Å². The van der Waals surface area contributed by atoms with Gasteiger partial charge in [0.25, 0.3) is 0 Å². The fourth-order valence-electron chi connectivity index (χ4n) is 7.29. The molecule has 0 spiro atoms. The van der Waals surface area contributed by atoms with Gasteiger partial charge in [0.2, 0.25) is 11.8 Å². The standard InChI is InChI=1S/C44H58N6O4/c1-3-40(53)49-31-21-23-36(32-49)50-44-41(42(48-50)35-27-29-38(30-28-35)54-37-24-18-16-19-25-37)43(45-33-46-44)47-39(52)26-20-15-13-11-9-7-5-4-6-8-10-12-14-17-22-34(2)51/h3,16,18-19,24-25,27-30,33,36H,1,4-15,17,20-23,26,31-32H2,2H3,(H,45,46,47,52). The molecule has 4 aromatic rings. The summed E-state index contributed by atoms with van der Waals surface area (Å²) >= 11 is 0. The first-order valence-corrected chi connectivity index (χ1v) is 20.2. The van der Waals surface area contributed by atoms with E-state index < -0.39 is 0 Å². The number of para-hydroxylation sites is 1. The summed E-state index contributed by atoms with van der Waals surface area (Å²) in [6.45, 7) is 6.53. The van der Waals surface area contributed by atoms with Gasteiger partial charge in [0.05, 0.1) is 11.4 Å². The normalized spacial score (nSPS) is 14.2. The van der Waals surface area contributed by atoms with Crippen molar-refractivity contribution in [1.29, 1.82) is 0 Å². The third-order valence-electron chi connectivity index (χ3n) is 10.3. The lowest BCUT2D eigenvalue weighted by atomic mass is 10.0. The van der Waals surface area contributed by atoms with Crippen LogP contribution < -0.4 is 10.1 Å². The van der Waals surface area contributed by atoms with Gasteiger partial charge in [-0.05, 0) is 75.1 Å². The minimum Gasteiger partial charge on any atom is -0.457 e. The lowest BCUT2D eigenvalue weighted by Crippen LogP contribution is -2.40. The van der Waals surface area contributed by atoms with Gasteiger partial charge in [-0.1, -0.05) is 102 Å². The summed E-state index contributed by atoms with van der Waals surface area (Å²) in [5.41, 5.74) is 2.14. The van der Waals surface area contributed by atoms with Gasteiger partial charge in [0.1, 0.15) is 35.1 Å². The van der Waals surface area contributed by atoms with E-state index in [9.17, 15) is 14.4 Å². The fourth-order valence-corrected chi connectivity index (χ4v) is 7.29. The molecule has 0 saturated carbocycles. The monoisotopic (exact) mass is 734 g/mol. The van der Waals surface area contributed by atoms with Crippen molar-refractivity contribution in [3.8, 4) is 22.8 Å². The van der Waals surface area contributed by atoms with E-state index in [1.807, 2.05) is 59.3 Å². The van der Waals surface area contributed by atoms with Gasteiger partial charge < -0.3 is 19.7 Å². The zero-order valence-corrected chi connectivity index (χ0v) is 32.1. The molecule has 2 aromatic heterocycles. The summed E-state index contributed by atoms with van der Waals surface area (Å²) in [4.78, 5) is 47.8. The molecule has 10 nitrogen and oxygen atoms in total. The van der Waals surface area contributed by atoms with Crippen molar-refractivity contribution in [3.05, 3.63) is 73.6 Å². The number of anilines is 1. The van der Waals surface area contributed by atoms with Crippen LogP contribution in [0, 0.1) is 0 Å². The van der Waals surface area contributed by atoms with E-state index in [0.29, 0.717) is 53.6 Å². The van der Waals surface area contributed by atoms with E-state index in [1.54, 1.807) is 11.8 Å². The number of nitrogens with zero attached hydrogens (tertiary/aromatic N) is 5. The first-order chi connectivity index (χ1) is 26.4. The number of carbonyl (C=O) groups is 3. The third kappa shape index (κ3) is 12.4. The number of rotatable bonds is 23. The quantitative estimate of drug-likeness (QED) is 0.0595. The Bertz CT molecular complexity index is 1790. The lowest BCUT2D eigenvalue weighted by Gasteiger charge is -2.32. The number of ketones is 1. The van der Waals surface area contributed by atoms with Crippen molar-refractivity contribution in [2.24, 2.45) is 0 Å². The van der Waals surface area contributed by atoms with Crippen LogP contribution in [0.1, 0.15) is 129 Å². The number of carbonyl (C=O) groups excluding carboxylic acids is 3. The molecule has 3 heterocycles. The van der Waals surface area contributed by atoms with Crippen LogP contribution >= 0.6 is 0 Å². The number of hydrogen-bond acceptors (Lipinski definition) is 7. The molecule has 2 aromatic carbocycles. The Morgan fingerprint density at radius 3 is 2.00 bits per heavy atom. The highest BCUT2D eigenvalue weighted by Gasteiger charge is 2.28. The molecule has 1 saturated heterocycles. The lowest BCUT2D eigenvalue weighted by molar-refractivity contribution is -0.127. The van der Waals surface area contributed by atoms with Gasteiger partial charge in [0, 0.05) is 31.5 Å². The third-order valence-corrected chi connectivity index (χ3v) is 10.3. The minimum absolute atomic E-state index is 0.0698. The van der Waals surface area contributed by atoms with Gasteiger partial charge in [-0.3, -0.25) is 9.59 Å². The smallest absolute Gasteiger partial charge is 0.246 e. The molecular formula is C44H58N6O4. The van der Waals surface area contributed by atoms with Gasteiger partial charge in [-0.15, -0.1) is 0 Å². The number of amides is 2. The molecule has 10 heteroatoms. The molecule has 54 heavy (non-hydrogen) atoms. The number of hydrogen-bond donors (Lipinski definition) is 1. The molecule has 1 atom stereocenters. The maximum absolute atomic E-state index is 13.3. The van der Waals surface area contributed by atoms with E-state index in [0.717, 1.165) is 56.3 Å². The average Bonchev–Trinajstić information content (AvgIpc) is 3.59. The number of piperidine rings is 1. The van der Waals surface area contributed by atoms with E-state index in [1.165, 1.54) is 76.6 Å². The zero-order valence-electron chi connectivity index (χ0n) is 32.1. The predicted octanol–water partition coefficient (Wildman–Crippen LogP) is 10.4. The first-order valence-electron chi connectivity index (χ1n) is 20.2. The second kappa shape index (κ2) is 21.7. The van der Waals surface area contributed by atoms with Crippen LogP contribution in [0.15, 0.2) is 73.6 Å². The summed E-state index contributed by atoms with van der Waals surface area (Å²) in [6.07, 6.45) is 22.4. The molecule has 0 bridgehead atoms. The Morgan fingerprint density at radius 1 is 0.796 bits per heavy atom. The molecule has 1 N–H and O–H groups in total. The number of aromatic nitrogens is 4. The number of ether oxygens (including phenoxy) is 1. The van der Waals surface area contributed by atoms with Crippen LogP contribution in [-0.4, -0.2) is 55.3 Å². The Balaban J connectivity index is 1.14. The molecule has 288 valence electrons. The van der Waals surface area contributed by atoms with Crippen LogP contribution in [0.3, 0.4) is 0 Å². The number of unbranched alkanes of at least 4 members (excludes halogenated alkanes) is 13. The first kappa shape index (κ1) is 40.3. The van der Waals surface area contributed by atoms with E-state index >= 15 is 0 Å². The summed E-state index contributed by atoms with van der Waals surface area (Å²) < 4.78 is 7.93. The Morgan fingerprint density at radius 2 is 1.39 bits per heavy atom. The number of benzene rings is 2. The highest BCUT2D eigenvalue weighted by molar-refractivity contribution is 6.04. The number of likely N-dealkylation sites (tertiary alicyclic amines) is 1. The van der Waals surface area contributed by atoms with Gasteiger partial charge in [-0.2, -0.15) is 5.10 Å². The second-order valence-electron chi connectivity index (χ2n) is 14.6. The SMILES string of the molecule is C=CC(=O)N1CCCC(n2nc(-c3ccc(Oc4ccccc4)cc3)c3c(NC(=O)CCCCCCCCCCCCCCCCC(C)=O)ncnc32)C1. The fraction of sp³-hybridized carbons (Fsp3) is 0.500. The molecule has 2 amide bonds. The molecule has 1 unspecified atom stereocenters.